The van der Waals surface area contributed by atoms with Crippen LogP contribution in [0, 0.1) is 17.7 Å². The molecule has 20 heteroatoms. The topological polar surface area (TPSA) is 215 Å². The molecule has 18 nitrogen and oxygen atoms in total. The van der Waals surface area contributed by atoms with Gasteiger partial charge >= 0.3 is 12.2 Å². The number of aromatic nitrogens is 7. The van der Waals surface area contributed by atoms with Crippen molar-refractivity contribution in [2.24, 2.45) is 11.8 Å². The second-order valence-electron chi connectivity index (χ2n) is 17.3. The Hall–Kier alpha value is -6.83. The zero-order valence-electron chi connectivity index (χ0n) is 36.8. The van der Waals surface area contributed by atoms with Crippen LogP contribution in [0.3, 0.4) is 0 Å². The quantitative estimate of drug-likeness (QED) is 0.103. The van der Waals surface area contributed by atoms with Gasteiger partial charge in [0.1, 0.15) is 40.2 Å². The van der Waals surface area contributed by atoms with Gasteiger partial charge in [-0.2, -0.15) is 0 Å². The number of carbonyl (C=O) groups excluding carboxylic acids is 4. The molecule has 0 aliphatic carbocycles. The van der Waals surface area contributed by atoms with E-state index in [-0.39, 0.29) is 35.7 Å². The second kappa shape index (κ2) is 17.6. The van der Waals surface area contributed by atoms with E-state index in [9.17, 15) is 19.2 Å². The average molecular weight is 908 g/mol. The maximum atomic E-state index is 16.7. The van der Waals surface area contributed by atoms with E-state index in [1.807, 2.05) is 56.5 Å². The molecule has 2 aromatic carbocycles. The number of hydrogen-bond donors (Lipinski definition) is 4. The number of likely N-dealkylation sites (tertiary alicyclic amines) is 2. The van der Waals surface area contributed by atoms with Crippen molar-refractivity contribution in [3.05, 3.63) is 77.3 Å². The van der Waals surface area contributed by atoms with Gasteiger partial charge in [-0.25, -0.2) is 23.9 Å². The highest BCUT2D eigenvalue weighted by atomic mass is 32.1. The minimum atomic E-state index is -0.777. The third kappa shape index (κ3) is 8.03. The van der Waals surface area contributed by atoms with Crippen molar-refractivity contribution in [3.63, 3.8) is 0 Å². The molecule has 4 amide bonds. The largest absolute Gasteiger partial charge is 0.464 e. The molecule has 3 aliphatic heterocycles. The highest BCUT2D eigenvalue weighted by Crippen LogP contribution is 2.48. The summed E-state index contributed by atoms with van der Waals surface area (Å²) in [4.78, 5) is 72.1. The number of aromatic amines is 2. The molecule has 4 aromatic heterocycles. The lowest BCUT2D eigenvalue weighted by Crippen LogP contribution is -2.51. The van der Waals surface area contributed by atoms with Crippen molar-refractivity contribution in [1.29, 1.82) is 0 Å². The minimum Gasteiger partial charge on any atom is -0.464 e. The van der Waals surface area contributed by atoms with Crippen LogP contribution in [0.25, 0.3) is 44.7 Å². The molecule has 65 heavy (non-hydrogen) atoms. The number of benzene rings is 2. The zero-order valence-corrected chi connectivity index (χ0v) is 37.6. The third-order valence-corrected chi connectivity index (χ3v) is 13.2. The molecule has 3 aliphatic rings. The standard InChI is InChI=1S/C45H50FN11O7S/c1-22(2)37(52-44(60)62-5)41(58)55-13-7-9-31(55)39-47-19-28(50-39)24-11-12-30-26(15-24)17-33-36-27(46)16-25(18-34(36)64-43(57(30)33)35-21-49-54-65-35)29-20-48-40(51-29)32-10-8-14-56(32)42(59)38(23(3)4)53-45(61)63-6/h11-12,15-23,31-32,37-38,43H,7-10,13-14H2,1-6H3,(H,47,50)(H,48,51)(H,52,60)(H,53,61)/t31-,32-,37?,38?,43?/m0/s1. The molecule has 9 rings (SSSR count). The Morgan fingerprint density at radius 2 is 1.38 bits per heavy atom. The number of nitrogens with one attached hydrogen (secondary N) is 4. The number of fused-ring (bicyclic) bond motifs is 5. The van der Waals surface area contributed by atoms with Crippen molar-refractivity contribution in [2.45, 2.75) is 83.8 Å². The molecule has 340 valence electrons. The summed E-state index contributed by atoms with van der Waals surface area (Å²) >= 11 is 1.19. The lowest BCUT2D eigenvalue weighted by Gasteiger charge is -2.30. The predicted molar refractivity (Wildman–Crippen MR) is 237 cm³/mol. The molecule has 5 atom stereocenters. The first-order valence-electron chi connectivity index (χ1n) is 21.7. The smallest absolute Gasteiger partial charge is 0.407 e. The monoisotopic (exact) mass is 907 g/mol. The van der Waals surface area contributed by atoms with Gasteiger partial charge in [0.15, 0.2) is 0 Å². The van der Waals surface area contributed by atoms with Crippen molar-refractivity contribution < 1.29 is 37.8 Å². The summed E-state index contributed by atoms with van der Waals surface area (Å²) in [6.07, 6.45) is 5.90. The summed E-state index contributed by atoms with van der Waals surface area (Å²) in [6, 6.07) is 8.93. The van der Waals surface area contributed by atoms with Crippen LogP contribution in [0.1, 0.15) is 88.2 Å². The Balaban J connectivity index is 1.01. The molecule has 6 aromatic rings. The van der Waals surface area contributed by atoms with Crippen LogP contribution in [0.4, 0.5) is 14.0 Å². The van der Waals surface area contributed by atoms with Gasteiger partial charge in [0.2, 0.25) is 18.0 Å². The molecular formula is C45H50FN11O7S. The van der Waals surface area contributed by atoms with Gasteiger partial charge in [-0.1, -0.05) is 38.2 Å². The van der Waals surface area contributed by atoms with Crippen molar-refractivity contribution in [2.75, 3.05) is 27.3 Å². The number of rotatable bonds is 11. The van der Waals surface area contributed by atoms with Crippen LogP contribution in [0.15, 0.2) is 55.0 Å². The van der Waals surface area contributed by atoms with E-state index in [1.54, 1.807) is 34.5 Å². The predicted octanol–water partition coefficient (Wildman–Crippen LogP) is 7.11. The third-order valence-electron chi connectivity index (χ3n) is 12.5. The van der Waals surface area contributed by atoms with Crippen molar-refractivity contribution >= 4 is 46.4 Å². The van der Waals surface area contributed by atoms with Gasteiger partial charge in [0.25, 0.3) is 0 Å². The Morgan fingerprint density at radius 1 is 0.800 bits per heavy atom. The van der Waals surface area contributed by atoms with E-state index in [0.717, 1.165) is 39.9 Å². The normalized spacial score (nSPS) is 18.9. The van der Waals surface area contributed by atoms with Crippen LogP contribution >= 0.6 is 11.5 Å². The van der Waals surface area contributed by atoms with Gasteiger partial charge < -0.3 is 44.6 Å². The van der Waals surface area contributed by atoms with Crippen LogP contribution in [0.5, 0.6) is 5.75 Å². The molecule has 7 heterocycles. The highest BCUT2D eigenvalue weighted by Gasteiger charge is 2.40. The minimum absolute atomic E-state index is 0.157. The van der Waals surface area contributed by atoms with Crippen LogP contribution in [0.2, 0.25) is 0 Å². The number of halogens is 1. The molecule has 4 N–H and O–H groups in total. The molecule has 0 spiro atoms. The number of H-pyrrole nitrogens is 2. The first-order valence-corrected chi connectivity index (χ1v) is 22.5. The number of imidazole rings is 2. The van der Waals surface area contributed by atoms with Crippen LogP contribution < -0.4 is 15.4 Å². The van der Waals surface area contributed by atoms with Crippen LogP contribution in [-0.2, 0) is 19.1 Å². The molecular weight excluding hydrogens is 858 g/mol. The fourth-order valence-corrected chi connectivity index (χ4v) is 9.79. The molecule has 0 radical (unpaired) electrons. The summed E-state index contributed by atoms with van der Waals surface area (Å²) in [7, 11) is 2.53. The van der Waals surface area contributed by atoms with Crippen molar-refractivity contribution in [1.82, 2.24) is 54.5 Å². The van der Waals surface area contributed by atoms with Gasteiger partial charge in [0, 0.05) is 29.6 Å². The lowest BCUT2D eigenvalue weighted by molar-refractivity contribution is -0.136. The lowest BCUT2D eigenvalue weighted by atomic mass is 10.0. The molecule has 0 bridgehead atoms. The summed E-state index contributed by atoms with van der Waals surface area (Å²) in [5, 5.41) is 10.3. The Labute approximate surface area is 377 Å². The summed E-state index contributed by atoms with van der Waals surface area (Å²) in [5.74, 6) is 0.275. The second-order valence-corrected chi connectivity index (χ2v) is 18.1. The van der Waals surface area contributed by atoms with Gasteiger partial charge in [-0.05, 0) is 79.4 Å². The van der Waals surface area contributed by atoms with Crippen LogP contribution in [-0.4, -0.2) is 107 Å². The van der Waals surface area contributed by atoms with E-state index in [1.165, 1.54) is 31.8 Å². The maximum absolute atomic E-state index is 16.7. The Kier molecular flexibility index (Phi) is 11.8. The Morgan fingerprint density at radius 3 is 1.92 bits per heavy atom. The van der Waals surface area contributed by atoms with Crippen molar-refractivity contribution in [3.8, 4) is 39.5 Å². The SMILES string of the molecule is COC(=O)NC(C(=O)N1CCC[C@H]1c1ncc(-c2cc(F)c3c(c2)OC(c2cnns2)n2c-3cc3cc(-c4cnc([C@@H]5CCCN5C(=O)C(NC(=O)OC)C(C)C)[nH]4)ccc32)[nH]1)C(C)C. The van der Waals surface area contributed by atoms with Gasteiger partial charge in [-0.3, -0.25) is 14.2 Å². The summed E-state index contributed by atoms with van der Waals surface area (Å²) < 4.78 is 39.0. The first-order chi connectivity index (χ1) is 31.3. The summed E-state index contributed by atoms with van der Waals surface area (Å²) in [5.41, 5.74) is 4.35. The number of alkyl carbamates (subject to hydrolysis) is 2. The summed E-state index contributed by atoms with van der Waals surface area (Å²) in [6.45, 7) is 8.51. The zero-order chi connectivity index (χ0) is 45.7. The molecule has 2 saturated heterocycles. The number of amides is 4. The van der Waals surface area contributed by atoms with E-state index >= 15 is 4.39 Å². The first kappa shape index (κ1) is 43.4. The fourth-order valence-electron chi connectivity index (χ4n) is 9.26. The van der Waals surface area contributed by atoms with E-state index in [2.05, 4.69) is 35.2 Å². The molecule has 2 fully saturated rings. The van der Waals surface area contributed by atoms with E-state index in [4.69, 9.17) is 19.2 Å². The van der Waals surface area contributed by atoms with Gasteiger partial charge in [0.05, 0.1) is 73.1 Å². The molecule has 3 unspecified atom stereocenters. The van der Waals surface area contributed by atoms with E-state index < -0.39 is 36.3 Å². The van der Waals surface area contributed by atoms with Gasteiger partial charge in [-0.15, -0.1) is 5.10 Å². The highest BCUT2D eigenvalue weighted by molar-refractivity contribution is 7.05. The average Bonchev–Trinajstić information content (AvgIpc) is 4.15. The molecule has 0 saturated carbocycles. The Bertz CT molecular complexity index is 2770. The number of nitrogens with zero attached hydrogens (tertiary/aromatic N) is 7. The number of ether oxygens (including phenoxy) is 3. The fraction of sp³-hybridized carbons (Fsp3) is 0.422. The number of methoxy groups -OCH3 is 2. The van der Waals surface area contributed by atoms with E-state index in [0.29, 0.717) is 65.8 Å². The number of hydrogen-bond acceptors (Lipinski definition) is 12. The maximum Gasteiger partial charge on any atom is 0.407 e. The number of carbonyl (C=O) groups is 4.